The van der Waals surface area contributed by atoms with Crippen molar-refractivity contribution in [2.45, 2.75) is 12.7 Å². The molecule has 0 aromatic heterocycles. The number of hydrogen-bond donors (Lipinski definition) is 1. The first-order valence-electron chi connectivity index (χ1n) is 5.75. The smallest absolute Gasteiger partial charge is 0.419 e. The van der Waals surface area contributed by atoms with Crippen molar-refractivity contribution >= 4 is 11.6 Å². The largest absolute Gasteiger partial charge is 0.455 e. The molecule has 0 heterocycles. The van der Waals surface area contributed by atoms with Gasteiger partial charge >= 0.3 is 6.18 Å². The van der Waals surface area contributed by atoms with E-state index in [1.807, 2.05) is 0 Å². The van der Waals surface area contributed by atoms with Crippen LogP contribution in [0.3, 0.4) is 0 Å². The monoisotopic (exact) mass is 301 g/mol. The van der Waals surface area contributed by atoms with Gasteiger partial charge in [0.1, 0.15) is 5.75 Å². The summed E-state index contributed by atoms with van der Waals surface area (Å²) in [6.45, 7) is 0.115. The molecule has 0 aliphatic rings. The van der Waals surface area contributed by atoms with Gasteiger partial charge in [0.25, 0.3) is 0 Å². The standard InChI is InChI=1S/C14H11ClF3NO/c15-11-6-3-4-9(8-19)13(11)20-12-7-2-1-5-10(12)14(16,17)18/h1-7H,8,19H2. The minimum atomic E-state index is -4.50. The van der Waals surface area contributed by atoms with E-state index < -0.39 is 11.7 Å². The lowest BCUT2D eigenvalue weighted by Crippen LogP contribution is -2.08. The second-order valence-corrected chi connectivity index (χ2v) is 4.44. The molecule has 0 unspecified atom stereocenters. The van der Waals surface area contributed by atoms with Gasteiger partial charge in [-0.3, -0.25) is 0 Å². The summed E-state index contributed by atoms with van der Waals surface area (Å²) in [7, 11) is 0. The van der Waals surface area contributed by atoms with Crippen LogP contribution in [-0.2, 0) is 12.7 Å². The molecular weight excluding hydrogens is 291 g/mol. The predicted octanol–water partition coefficient (Wildman–Crippen LogP) is 4.61. The average Bonchev–Trinajstić information content (AvgIpc) is 2.40. The Morgan fingerprint density at radius 2 is 1.75 bits per heavy atom. The lowest BCUT2D eigenvalue weighted by atomic mass is 10.1. The Hall–Kier alpha value is -1.72. The number of benzene rings is 2. The van der Waals surface area contributed by atoms with Crippen molar-refractivity contribution in [2.75, 3.05) is 0 Å². The number of hydrogen-bond acceptors (Lipinski definition) is 2. The van der Waals surface area contributed by atoms with Gasteiger partial charge < -0.3 is 10.5 Å². The van der Waals surface area contributed by atoms with Crippen molar-refractivity contribution in [3.8, 4) is 11.5 Å². The Morgan fingerprint density at radius 1 is 1.05 bits per heavy atom. The first-order chi connectivity index (χ1) is 9.43. The molecule has 2 nitrogen and oxygen atoms in total. The normalized spacial score (nSPS) is 11.4. The number of rotatable bonds is 3. The first kappa shape index (κ1) is 14.7. The highest BCUT2D eigenvalue weighted by Crippen LogP contribution is 2.40. The van der Waals surface area contributed by atoms with Crippen LogP contribution in [0.5, 0.6) is 11.5 Å². The maximum Gasteiger partial charge on any atom is 0.419 e. The fraction of sp³-hybridized carbons (Fsp3) is 0.143. The van der Waals surface area contributed by atoms with Gasteiger partial charge in [-0.15, -0.1) is 0 Å². The summed E-state index contributed by atoms with van der Waals surface area (Å²) >= 11 is 5.96. The molecule has 0 aliphatic carbocycles. The van der Waals surface area contributed by atoms with Crippen LogP contribution in [-0.4, -0.2) is 0 Å². The van der Waals surface area contributed by atoms with Gasteiger partial charge in [-0.2, -0.15) is 13.2 Å². The molecule has 0 fully saturated rings. The summed E-state index contributed by atoms with van der Waals surface area (Å²) in [6, 6.07) is 9.80. The molecule has 0 radical (unpaired) electrons. The molecular formula is C14H11ClF3NO. The van der Waals surface area contributed by atoms with Crippen molar-refractivity contribution in [1.82, 2.24) is 0 Å². The number of para-hydroxylation sites is 2. The highest BCUT2D eigenvalue weighted by atomic mass is 35.5. The van der Waals surface area contributed by atoms with Gasteiger partial charge in [0.05, 0.1) is 10.6 Å². The lowest BCUT2D eigenvalue weighted by Gasteiger charge is -2.16. The SMILES string of the molecule is NCc1cccc(Cl)c1Oc1ccccc1C(F)(F)F. The van der Waals surface area contributed by atoms with Crippen LogP contribution in [0.2, 0.25) is 5.02 Å². The molecule has 2 N–H and O–H groups in total. The summed E-state index contributed by atoms with van der Waals surface area (Å²) in [5, 5.41) is 0.213. The molecule has 0 spiro atoms. The van der Waals surface area contributed by atoms with E-state index in [0.29, 0.717) is 5.56 Å². The van der Waals surface area contributed by atoms with Crippen LogP contribution in [0.25, 0.3) is 0 Å². The molecule has 0 amide bonds. The van der Waals surface area contributed by atoms with E-state index in [2.05, 4.69) is 0 Å². The van der Waals surface area contributed by atoms with E-state index in [1.165, 1.54) is 24.3 Å². The fourth-order valence-electron chi connectivity index (χ4n) is 1.73. The minimum Gasteiger partial charge on any atom is -0.455 e. The molecule has 0 bridgehead atoms. The third-order valence-electron chi connectivity index (χ3n) is 2.67. The Labute approximate surface area is 118 Å². The Kier molecular flexibility index (Phi) is 4.20. The molecule has 2 aromatic carbocycles. The maximum absolute atomic E-state index is 12.9. The zero-order chi connectivity index (χ0) is 14.8. The Morgan fingerprint density at radius 3 is 2.40 bits per heavy atom. The van der Waals surface area contributed by atoms with Gasteiger partial charge in [-0.05, 0) is 18.2 Å². The number of halogens is 4. The van der Waals surface area contributed by atoms with Crippen molar-refractivity contribution in [3.63, 3.8) is 0 Å². The second-order valence-electron chi connectivity index (χ2n) is 4.03. The highest BCUT2D eigenvalue weighted by Gasteiger charge is 2.34. The van der Waals surface area contributed by atoms with Gasteiger partial charge in [0.15, 0.2) is 5.75 Å². The van der Waals surface area contributed by atoms with Crippen molar-refractivity contribution in [2.24, 2.45) is 5.73 Å². The summed E-state index contributed by atoms with van der Waals surface area (Å²) in [5.41, 5.74) is 5.21. The third kappa shape index (κ3) is 3.05. The molecule has 0 saturated carbocycles. The predicted molar refractivity (Wildman–Crippen MR) is 70.9 cm³/mol. The van der Waals surface area contributed by atoms with E-state index in [-0.39, 0.29) is 23.1 Å². The van der Waals surface area contributed by atoms with E-state index >= 15 is 0 Å². The molecule has 2 rings (SSSR count). The fourth-order valence-corrected chi connectivity index (χ4v) is 1.96. The molecule has 0 saturated heterocycles. The molecule has 0 atom stereocenters. The van der Waals surface area contributed by atoms with Crippen LogP contribution >= 0.6 is 11.6 Å². The zero-order valence-electron chi connectivity index (χ0n) is 10.2. The molecule has 106 valence electrons. The molecule has 6 heteroatoms. The van der Waals surface area contributed by atoms with Crippen LogP contribution in [0.15, 0.2) is 42.5 Å². The molecule has 20 heavy (non-hydrogen) atoms. The number of alkyl halides is 3. The molecule has 0 aliphatic heterocycles. The average molecular weight is 302 g/mol. The van der Waals surface area contributed by atoms with Crippen molar-refractivity contribution < 1.29 is 17.9 Å². The zero-order valence-corrected chi connectivity index (χ0v) is 11.0. The van der Waals surface area contributed by atoms with Crippen LogP contribution in [0.4, 0.5) is 13.2 Å². The topological polar surface area (TPSA) is 35.2 Å². The molecule has 2 aromatic rings. The third-order valence-corrected chi connectivity index (χ3v) is 2.97. The summed E-state index contributed by atoms with van der Waals surface area (Å²) in [4.78, 5) is 0. The van der Waals surface area contributed by atoms with Crippen LogP contribution in [0, 0.1) is 0 Å². The Balaban J connectivity index is 2.46. The number of ether oxygens (including phenoxy) is 1. The maximum atomic E-state index is 12.9. The lowest BCUT2D eigenvalue weighted by molar-refractivity contribution is -0.138. The summed E-state index contributed by atoms with van der Waals surface area (Å²) < 4.78 is 44.0. The van der Waals surface area contributed by atoms with Crippen LogP contribution in [0.1, 0.15) is 11.1 Å². The van der Waals surface area contributed by atoms with E-state index in [1.54, 1.807) is 12.1 Å². The van der Waals surface area contributed by atoms with E-state index in [9.17, 15) is 13.2 Å². The highest BCUT2D eigenvalue weighted by molar-refractivity contribution is 6.32. The second kappa shape index (κ2) is 5.73. The quantitative estimate of drug-likeness (QED) is 0.898. The van der Waals surface area contributed by atoms with Crippen LogP contribution < -0.4 is 10.5 Å². The Bertz CT molecular complexity index is 614. The van der Waals surface area contributed by atoms with Crippen molar-refractivity contribution in [1.29, 1.82) is 0 Å². The van der Waals surface area contributed by atoms with Gasteiger partial charge in [0.2, 0.25) is 0 Å². The van der Waals surface area contributed by atoms with Crippen molar-refractivity contribution in [3.05, 3.63) is 58.6 Å². The number of nitrogens with two attached hydrogens (primary N) is 1. The van der Waals surface area contributed by atoms with E-state index in [0.717, 1.165) is 6.07 Å². The van der Waals surface area contributed by atoms with E-state index in [4.69, 9.17) is 22.1 Å². The van der Waals surface area contributed by atoms with Gasteiger partial charge in [0, 0.05) is 12.1 Å². The van der Waals surface area contributed by atoms with Gasteiger partial charge in [-0.25, -0.2) is 0 Å². The minimum absolute atomic E-state index is 0.115. The summed E-state index contributed by atoms with van der Waals surface area (Å²) in [6.07, 6.45) is -4.50. The first-order valence-corrected chi connectivity index (χ1v) is 6.13. The summed E-state index contributed by atoms with van der Waals surface area (Å²) in [5.74, 6) is -0.156. The van der Waals surface area contributed by atoms with Gasteiger partial charge in [-0.1, -0.05) is 35.9 Å².